The number of likely N-dealkylation sites (tertiary alicyclic amines) is 1. The van der Waals surface area contributed by atoms with Gasteiger partial charge in [0.25, 0.3) is 0 Å². The van der Waals surface area contributed by atoms with Gasteiger partial charge in [0.15, 0.2) is 0 Å². The van der Waals surface area contributed by atoms with Crippen molar-refractivity contribution in [2.75, 3.05) is 13.1 Å². The van der Waals surface area contributed by atoms with Crippen LogP contribution in [0.4, 0.5) is 0 Å². The summed E-state index contributed by atoms with van der Waals surface area (Å²) in [7, 11) is 0. The molecule has 1 fully saturated rings. The molecule has 1 aromatic rings. The Kier molecular flexibility index (Phi) is 4.59. The number of hydrogen-bond acceptors (Lipinski definition) is 2. The first-order valence-corrected chi connectivity index (χ1v) is 7.20. The summed E-state index contributed by atoms with van der Waals surface area (Å²) in [6.07, 6.45) is 3.55. The van der Waals surface area contributed by atoms with Gasteiger partial charge in [-0.3, -0.25) is 4.79 Å². The molecule has 1 aliphatic rings. The maximum Gasteiger partial charge on any atom is 0.223 e. The van der Waals surface area contributed by atoms with E-state index in [2.05, 4.69) is 36.9 Å². The second-order valence-corrected chi connectivity index (χ2v) is 5.43. The minimum atomic E-state index is 0.258. The number of amides is 1. The topological polar surface area (TPSA) is 46.3 Å². The first-order valence-electron chi connectivity index (χ1n) is 7.20. The number of carbonyl (C=O) groups excluding carboxylic acids is 1. The van der Waals surface area contributed by atoms with Crippen molar-refractivity contribution in [3.63, 3.8) is 0 Å². The number of nitrogens with two attached hydrogens (primary N) is 1. The highest BCUT2D eigenvalue weighted by Gasteiger charge is 2.30. The van der Waals surface area contributed by atoms with Crippen LogP contribution in [-0.2, 0) is 4.79 Å². The molecule has 1 aliphatic heterocycles. The van der Waals surface area contributed by atoms with Gasteiger partial charge in [-0.05, 0) is 56.3 Å². The number of benzene rings is 1. The van der Waals surface area contributed by atoms with Gasteiger partial charge in [0.05, 0.1) is 6.04 Å². The quantitative estimate of drug-likeness (QED) is 0.904. The van der Waals surface area contributed by atoms with E-state index < -0.39 is 0 Å². The third kappa shape index (κ3) is 2.98. The third-order valence-electron chi connectivity index (χ3n) is 4.17. The van der Waals surface area contributed by atoms with E-state index in [1.54, 1.807) is 0 Å². The highest BCUT2D eigenvalue weighted by atomic mass is 16.2. The molecule has 104 valence electrons. The molecular formula is C16H24N2O. The Bertz CT molecular complexity index is 456. The van der Waals surface area contributed by atoms with Gasteiger partial charge in [0, 0.05) is 13.0 Å². The van der Waals surface area contributed by atoms with Crippen LogP contribution >= 0.6 is 0 Å². The summed E-state index contributed by atoms with van der Waals surface area (Å²) >= 11 is 0. The molecule has 1 aromatic carbocycles. The molecule has 19 heavy (non-hydrogen) atoms. The molecular weight excluding hydrogens is 236 g/mol. The molecule has 3 nitrogen and oxygen atoms in total. The highest BCUT2D eigenvalue weighted by molar-refractivity contribution is 5.77. The van der Waals surface area contributed by atoms with Gasteiger partial charge in [0.1, 0.15) is 0 Å². The number of nitrogens with zero attached hydrogens (tertiary/aromatic N) is 1. The van der Waals surface area contributed by atoms with E-state index in [1.807, 2.05) is 0 Å². The molecule has 1 amide bonds. The number of rotatable bonds is 4. The first-order chi connectivity index (χ1) is 9.15. The predicted molar refractivity (Wildman–Crippen MR) is 77.9 cm³/mol. The van der Waals surface area contributed by atoms with Gasteiger partial charge >= 0.3 is 0 Å². The normalized spacial score (nSPS) is 18.9. The van der Waals surface area contributed by atoms with E-state index in [0.717, 1.165) is 25.8 Å². The zero-order valence-electron chi connectivity index (χ0n) is 12.0. The van der Waals surface area contributed by atoms with Crippen LogP contribution in [0.3, 0.4) is 0 Å². The molecule has 0 bridgehead atoms. The lowest BCUT2D eigenvalue weighted by Crippen LogP contribution is -2.31. The largest absolute Gasteiger partial charge is 0.336 e. The Balaban J connectivity index is 2.18. The molecule has 0 radical (unpaired) electrons. The fourth-order valence-corrected chi connectivity index (χ4v) is 2.92. The van der Waals surface area contributed by atoms with Crippen LogP contribution in [0.25, 0.3) is 0 Å². The SMILES string of the molecule is Cc1cccc(C2CCCN2C(=O)CCCN)c1C. The van der Waals surface area contributed by atoms with Crippen LogP contribution in [0.1, 0.15) is 48.4 Å². The zero-order chi connectivity index (χ0) is 13.8. The summed E-state index contributed by atoms with van der Waals surface area (Å²) in [5.74, 6) is 0.258. The van der Waals surface area contributed by atoms with Gasteiger partial charge in [-0.15, -0.1) is 0 Å². The Labute approximate surface area is 115 Å². The Morgan fingerprint density at radius 1 is 1.42 bits per heavy atom. The van der Waals surface area contributed by atoms with Crippen molar-refractivity contribution in [3.8, 4) is 0 Å². The lowest BCUT2D eigenvalue weighted by molar-refractivity contribution is -0.132. The first kappa shape index (κ1) is 14.1. The standard InChI is InChI=1S/C16H24N2O/c1-12-6-3-7-14(13(12)2)15-8-5-11-18(15)16(19)9-4-10-17/h3,6-7,15H,4-5,8-11,17H2,1-2H3. The smallest absolute Gasteiger partial charge is 0.223 e. The lowest BCUT2D eigenvalue weighted by atomic mass is 9.96. The molecule has 1 saturated heterocycles. The molecule has 2 N–H and O–H groups in total. The maximum absolute atomic E-state index is 12.3. The lowest BCUT2D eigenvalue weighted by Gasteiger charge is -2.27. The molecule has 1 heterocycles. The molecule has 0 spiro atoms. The average Bonchev–Trinajstić information content (AvgIpc) is 2.88. The fraction of sp³-hybridized carbons (Fsp3) is 0.562. The van der Waals surface area contributed by atoms with Crippen molar-refractivity contribution in [2.24, 2.45) is 5.73 Å². The van der Waals surface area contributed by atoms with Crippen molar-refractivity contribution < 1.29 is 4.79 Å². The number of hydrogen-bond donors (Lipinski definition) is 1. The predicted octanol–water partition coefficient (Wildman–Crippen LogP) is 2.71. The van der Waals surface area contributed by atoms with E-state index in [4.69, 9.17) is 5.73 Å². The van der Waals surface area contributed by atoms with Crippen molar-refractivity contribution >= 4 is 5.91 Å². The van der Waals surface area contributed by atoms with E-state index in [-0.39, 0.29) is 11.9 Å². The molecule has 0 aliphatic carbocycles. The second kappa shape index (κ2) is 6.20. The van der Waals surface area contributed by atoms with E-state index >= 15 is 0 Å². The van der Waals surface area contributed by atoms with Gasteiger partial charge in [-0.1, -0.05) is 18.2 Å². The van der Waals surface area contributed by atoms with Gasteiger partial charge in [-0.25, -0.2) is 0 Å². The van der Waals surface area contributed by atoms with Crippen LogP contribution in [0.5, 0.6) is 0 Å². The molecule has 1 atom stereocenters. The number of carbonyl (C=O) groups is 1. The Hall–Kier alpha value is -1.35. The Morgan fingerprint density at radius 2 is 2.21 bits per heavy atom. The maximum atomic E-state index is 12.3. The summed E-state index contributed by atoms with van der Waals surface area (Å²) in [6.45, 7) is 5.77. The molecule has 2 rings (SSSR count). The van der Waals surface area contributed by atoms with E-state index in [1.165, 1.54) is 16.7 Å². The van der Waals surface area contributed by atoms with Crippen molar-refractivity contribution in [1.29, 1.82) is 0 Å². The zero-order valence-corrected chi connectivity index (χ0v) is 12.0. The van der Waals surface area contributed by atoms with Crippen LogP contribution in [0.2, 0.25) is 0 Å². The van der Waals surface area contributed by atoms with E-state index in [9.17, 15) is 4.79 Å². The van der Waals surface area contributed by atoms with Gasteiger partial charge in [0.2, 0.25) is 5.91 Å². The minimum absolute atomic E-state index is 0.258. The molecule has 0 aromatic heterocycles. The van der Waals surface area contributed by atoms with Gasteiger partial charge in [-0.2, -0.15) is 0 Å². The summed E-state index contributed by atoms with van der Waals surface area (Å²) in [5, 5.41) is 0. The summed E-state index contributed by atoms with van der Waals surface area (Å²) in [5.41, 5.74) is 9.44. The fourth-order valence-electron chi connectivity index (χ4n) is 2.92. The van der Waals surface area contributed by atoms with Crippen molar-refractivity contribution in [3.05, 3.63) is 34.9 Å². The van der Waals surface area contributed by atoms with Crippen molar-refractivity contribution in [1.82, 2.24) is 4.90 Å². The van der Waals surface area contributed by atoms with Gasteiger partial charge < -0.3 is 10.6 Å². The molecule has 3 heteroatoms. The summed E-state index contributed by atoms with van der Waals surface area (Å²) in [4.78, 5) is 14.3. The van der Waals surface area contributed by atoms with Crippen LogP contribution in [-0.4, -0.2) is 23.9 Å². The van der Waals surface area contributed by atoms with Crippen LogP contribution in [0.15, 0.2) is 18.2 Å². The monoisotopic (exact) mass is 260 g/mol. The highest BCUT2D eigenvalue weighted by Crippen LogP contribution is 2.34. The average molecular weight is 260 g/mol. The van der Waals surface area contributed by atoms with Crippen LogP contribution in [0, 0.1) is 13.8 Å². The molecule has 1 unspecified atom stereocenters. The summed E-state index contributed by atoms with van der Waals surface area (Å²) in [6, 6.07) is 6.67. The third-order valence-corrected chi connectivity index (χ3v) is 4.17. The van der Waals surface area contributed by atoms with E-state index in [0.29, 0.717) is 13.0 Å². The van der Waals surface area contributed by atoms with Crippen LogP contribution < -0.4 is 5.73 Å². The minimum Gasteiger partial charge on any atom is -0.336 e. The Morgan fingerprint density at radius 3 is 2.95 bits per heavy atom. The summed E-state index contributed by atoms with van der Waals surface area (Å²) < 4.78 is 0. The molecule has 0 saturated carbocycles. The van der Waals surface area contributed by atoms with Crippen molar-refractivity contribution in [2.45, 2.75) is 45.6 Å². The second-order valence-electron chi connectivity index (χ2n) is 5.43. The number of aryl methyl sites for hydroxylation is 1.